The molecule has 1 unspecified atom stereocenters. The molecule has 5 heteroatoms. The summed E-state index contributed by atoms with van der Waals surface area (Å²) in [6.45, 7) is 2.65. The minimum absolute atomic E-state index is 0.464. The third kappa shape index (κ3) is 4.12. The Bertz CT molecular complexity index is 165. The van der Waals surface area contributed by atoms with Gasteiger partial charge < -0.3 is 9.84 Å². The number of ether oxygens (including phenoxy) is 1. The molecule has 1 atom stereocenters. The molecule has 72 valence electrons. The summed E-state index contributed by atoms with van der Waals surface area (Å²) in [5, 5.41) is 8.35. The molecule has 0 aromatic rings. The van der Waals surface area contributed by atoms with Gasteiger partial charge in [-0.3, -0.25) is 4.90 Å². The highest BCUT2D eigenvalue weighted by molar-refractivity contribution is 5.67. The molecular formula is C7H14FNO3. The van der Waals surface area contributed by atoms with E-state index < -0.39 is 18.2 Å². The van der Waals surface area contributed by atoms with Crippen LogP contribution in [-0.4, -0.2) is 35.2 Å². The molecule has 0 bridgehead atoms. The largest absolute Gasteiger partial charge is 0.444 e. The zero-order valence-corrected chi connectivity index (χ0v) is 7.67. The molecule has 0 aliphatic carbocycles. The quantitative estimate of drug-likeness (QED) is 0.484. The van der Waals surface area contributed by atoms with Gasteiger partial charge >= 0.3 is 6.09 Å². The molecule has 0 fully saturated rings. The monoisotopic (exact) mass is 179 g/mol. The van der Waals surface area contributed by atoms with Crippen LogP contribution >= 0.6 is 0 Å². The highest BCUT2D eigenvalue weighted by atomic mass is 19.1. The van der Waals surface area contributed by atoms with E-state index in [-0.39, 0.29) is 0 Å². The zero-order valence-electron chi connectivity index (χ0n) is 7.67. The molecule has 0 rings (SSSR count). The fourth-order valence-electron chi connectivity index (χ4n) is 0.421. The van der Waals surface area contributed by atoms with E-state index in [0.717, 1.165) is 7.05 Å². The summed E-state index contributed by atoms with van der Waals surface area (Å²) in [5.41, 5.74) is -0.680. The number of rotatable bonds is 1. The molecule has 0 spiro atoms. The minimum Gasteiger partial charge on any atom is -0.444 e. The SMILES string of the molecule is CN(C(=O)OC(C)(C)C)C(O)F. The summed E-state index contributed by atoms with van der Waals surface area (Å²) in [7, 11) is 1.11. The predicted octanol–water partition coefficient (Wildman–Crippen LogP) is 1.10. The Labute approximate surface area is 70.9 Å². The first kappa shape index (κ1) is 11.2. The van der Waals surface area contributed by atoms with E-state index >= 15 is 0 Å². The Morgan fingerprint density at radius 2 is 2.00 bits per heavy atom. The van der Waals surface area contributed by atoms with Crippen molar-refractivity contribution in [1.29, 1.82) is 0 Å². The topological polar surface area (TPSA) is 49.8 Å². The number of carbonyl (C=O) groups excluding carboxylic acids is 1. The van der Waals surface area contributed by atoms with Crippen LogP contribution in [0.2, 0.25) is 0 Å². The number of alkyl halides is 1. The van der Waals surface area contributed by atoms with Crippen molar-refractivity contribution in [2.45, 2.75) is 32.9 Å². The van der Waals surface area contributed by atoms with Crippen LogP contribution in [0.4, 0.5) is 9.18 Å². The van der Waals surface area contributed by atoms with Crippen LogP contribution in [0.3, 0.4) is 0 Å². The maximum Gasteiger partial charge on any atom is 0.414 e. The van der Waals surface area contributed by atoms with Crippen LogP contribution in [0.5, 0.6) is 0 Å². The third-order valence-electron chi connectivity index (χ3n) is 1.00. The van der Waals surface area contributed by atoms with Crippen LogP contribution < -0.4 is 0 Å². The summed E-state index contributed by atoms with van der Waals surface area (Å²) in [5.74, 6) is 0. The maximum atomic E-state index is 12.1. The highest BCUT2D eigenvalue weighted by Crippen LogP contribution is 2.10. The second-order valence-corrected chi connectivity index (χ2v) is 3.40. The number of amides is 1. The average molecular weight is 179 g/mol. The molecule has 12 heavy (non-hydrogen) atoms. The molecule has 0 radical (unpaired) electrons. The summed E-state index contributed by atoms with van der Waals surface area (Å²) < 4.78 is 16.8. The van der Waals surface area contributed by atoms with E-state index in [1.165, 1.54) is 0 Å². The molecule has 0 heterocycles. The number of halogens is 1. The van der Waals surface area contributed by atoms with Gasteiger partial charge in [-0.15, -0.1) is 0 Å². The van der Waals surface area contributed by atoms with Crippen molar-refractivity contribution in [1.82, 2.24) is 4.90 Å². The Kier molecular flexibility index (Phi) is 3.45. The summed E-state index contributed by atoms with van der Waals surface area (Å²) in [4.78, 5) is 11.4. The molecule has 1 amide bonds. The third-order valence-corrected chi connectivity index (χ3v) is 1.00. The average Bonchev–Trinajstić information content (AvgIpc) is 1.82. The molecule has 0 aromatic carbocycles. The van der Waals surface area contributed by atoms with Gasteiger partial charge in [-0.1, -0.05) is 0 Å². The Morgan fingerprint density at radius 1 is 1.58 bits per heavy atom. The van der Waals surface area contributed by atoms with Crippen LogP contribution in [0, 0.1) is 0 Å². The molecule has 0 aromatic heterocycles. The fourth-order valence-corrected chi connectivity index (χ4v) is 0.421. The molecule has 0 saturated carbocycles. The maximum absolute atomic E-state index is 12.1. The zero-order chi connectivity index (χ0) is 9.94. The van der Waals surface area contributed by atoms with E-state index in [1.54, 1.807) is 20.8 Å². The van der Waals surface area contributed by atoms with E-state index in [4.69, 9.17) is 9.84 Å². The van der Waals surface area contributed by atoms with Crippen molar-refractivity contribution in [3.05, 3.63) is 0 Å². The smallest absolute Gasteiger partial charge is 0.414 e. The van der Waals surface area contributed by atoms with Crippen molar-refractivity contribution < 1.29 is 19.0 Å². The van der Waals surface area contributed by atoms with Gasteiger partial charge in [0, 0.05) is 7.05 Å². The minimum atomic E-state index is -2.32. The number of nitrogens with zero attached hydrogens (tertiary/aromatic N) is 1. The first-order valence-electron chi connectivity index (χ1n) is 3.52. The first-order valence-corrected chi connectivity index (χ1v) is 3.52. The molecule has 0 aliphatic rings. The second kappa shape index (κ2) is 3.71. The van der Waals surface area contributed by atoms with Gasteiger partial charge in [0.2, 0.25) is 0 Å². The first-order chi connectivity index (χ1) is 5.24. The van der Waals surface area contributed by atoms with Gasteiger partial charge in [-0.2, -0.15) is 4.39 Å². The normalized spacial score (nSPS) is 13.8. The van der Waals surface area contributed by atoms with E-state index in [9.17, 15) is 9.18 Å². The summed E-state index contributed by atoms with van der Waals surface area (Å²) in [6.07, 6.45) is -0.891. The lowest BCUT2D eigenvalue weighted by atomic mass is 10.2. The summed E-state index contributed by atoms with van der Waals surface area (Å²) >= 11 is 0. The Balaban J connectivity index is 4.05. The molecular weight excluding hydrogens is 165 g/mol. The molecule has 0 saturated heterocycles. The Morgan fingerprint density at radius 3 is 2.25 bits per heavy atom. The van der Waals surface area contributed by atoms with Gasteiger partial charge in [0.05, 0.1) is 0 Å². The van der Waals surface area contributed by atoms with Gasteiger partial charge in [-0.05, 0) is 20.8 Å². The number of aliphatic hydroxyl groups is 1. The summed E-state index contributed by atoms with van der Waals surface area (Å²) in [6, 6.07) is 0. The highest BCUT2D eigenvalue weighted by Gasteiger charge is 2.23. The standard InChI is InChI=1S/C7H14FNO3/c1-7(2,3)12-6(11)9(4)5(8)10/h5,10H,1-4H3. The Hall–Kier alpha value is -0.840. The number of carbonyl (C=O) groups is 1. The van der Waals surface area contributed by atoms with Crippen LogP contribution in [0.1, 0.15) is 20.8 Å². The van der Waals surface area contributed by atoms with E-state index in [2.05, 4.69) is 0 Å². The van der Waals surface area contributed by atoms with Gasteiger partial charge in [0.25, 0.3) is 6.48 Å². The second-order valence-electron chi connectivity index (χ2n) is 3.40. The van der Waals surface area contributed by atoms with Crippen LogP contribution in [0.15, 0.2) is 0 Å². The van der Waals surface area contributed by atoms with E-state index in [1.807, 2.05) is 0 Å². The number of aliphatic hydroxyl groups excluding tert-OH is 1. The van der Waals surface area contributed by atoms with Crippen molar-refractivity contribution >= 4 is 6.09 Å². The van der Waals surface area contributed by atoms with Crippen molar-refractivity contribution in [2.75, 3.05) is 7.05 Å². The van der Waals surface area contributed by atoms with Crippen molar-refractivity contribution in [2.24, 2.45) is 0 Å². The van der Waals surface area contributed by atoms with Crippen molar-refractivity contribution in [3.63, 3.8) is 0 Å². The number of hydrogen-bond donors (Lipinski definition) is 1. The van der Waals surface area contributed by atoms with Crippen LogP contribution in [0.25, 0.3) is 0 Å². The van der Waals surface area contributed by atoms with Gasteiger partial charge in [-0.25, -0.2) is 4.79 Å². The predicted molar refractivity (Wildman–Crippen MR) is 41.1 cm³/mol. The lowest BCUT2D eigenvalue weighted by molar-refractivity contribution is -0.0843. The van der Waals surface area contributed by atoms with Crippen LogP contribution in [-0.2, 0) is 4.74 Å². The molecule has 1 N–H and O–H groups in total. The number of hydrogen-bond acceptors (Lipinski definition) is 3. The van der Waals surface area contributed by atoms with Gasteiger partial charge in [0.1, 0.15) is 5.60 Å². The lowest BCUT2D eigenvalue weighted by Gasteiger charge is -2.24. The van der Waals surface area contributed by atoms with Crippen molar-refractivity contribution in [3.8, 4) is 0 Å². The molecule has 4 nitrogen and oxygen atoms in total. The lowest BCUT2D eigenvalue weighted by Crippen LogP contribution is -2.38. The molecule has 0 aliphatic heterocycles. The van der Waals surface area contributed by atoms with E-state index in [0.29, 0.717) is 4.90 Å². The fraction of sp³-hybridized carbons (Fsp3) is 0.857. The van der Waals surface area contributed by atoms with Gasteiger partial charge in [0.15, 0.2) is 0 Å².